The summed E-state index contributed by atoms with van der Waals surface area (Å²) in [6.07, 6.45) is 0.626. The van der Waals surface area contributed by atoms with Crippen molar-refractivity contribution < 1.29 is 13.2 Å². The number of carbonyl (C=O) groups excluding carboxylic acids is 1. The molecule has 0 saturated heterocycles. The molecule has 0 N–H and O–H groups in total. The van der Waals surface area contributed by atoms with Crippen LogP contribution in [0, 0.1) is 6.92 Å². The molecule has 6 heteroatoms. The zero-order valence-electron chi connectivity index (χ0n) is 13.9. The fourth-order valence-electron chi connectivity index (χ4n) is 3.09. The quantitative estimate of drug-likeness (QED) is 0.480. The van der Waals surface area contributed by atoms with Crippen LogP contribution in [-0.2, 0) is 10.0 Å². The van der Waals surface area contributed by atoms with Crippen LogP contribution in [0.2, 0.25) is 0 Å². The maximum Gasteiger partial charge on any atom is 0.268 e. The summed E-state index contributed by atoms with van der Waals surface area (Å²) in [5.41, 5.74) is 2.27. The summed E-state index contributed by atoms with van der Waals surface area (Å²) in [6.45, 7) is 1.90. The van der Waals surface area contributed by atoms with Gasteiger partial charge >= 0.3 is 0 Å². The van der Waals surface area contributed by atoms with E-state index in [2.05, 4.69) is 0 Å². The molecule has 4 rings (SSSR count). The third kappa shape index (κ3) is 2.50. The van der Waals surface area contributed by atoms with Crippen molar-refractivity contribution in [1.29, 1.82) is 0 Å². The van der Waals surface area contributed by atoms with Crippen LogP contribution in [0.5, 0.6) is 0 Å². The van der Waals surface area contributed by atoms with Crippen molar-refractivity contribution in [2.75, 3.05) is 0 Å². The molecule has 2 aromatic carbocycles. The second-order valence-electron chi connectivity index (χ2n) is 5.96. The van der Waals surface area contributed by atoms with Gasteiger partial charge in [-0.05, 0) is 36.6 Å². The maximum absolute atomic E-state index is 13.3. The van der Waals surface area contributed by atoms with Crippen molar-refractivity contribution in [2.24, 2.45) is 0 Å². The maximum atomic E-state index is 13.3. The highest BCUT2D eigenvalue weighted by atomic mass is 32.2. The first-order valence-electron chi connectivity index (χ1n) is 7.99. The second-order valence-corrected chi connectivity index (χ2v) is 8.69. The highest BCUT2D eigenvalue weighted by molar-refractivity contribution is 7.90. The summed E-state index contributed by atoms with van der Waals surface area (Å²) in [5.74, 6) is 0. The van der Waals surface area contributed by atoms with Gasteiger partial charge in [0.25, 0.3) is 10.0 Å². The number of hydrogen-bond acceptors (Lipinski definition) is 4. The first-order chi connectivity index (χ1) is 12.5. The van der Waals surface area contributed by atoms with Crippen LogP contribution in [0.1, 0.15) is 16.1 Å². The van der Waals surface area contributed by atoms with Gasteiger partial charge < -0.3 is 0 Å². The van der Waals surface area contributed by atoms with Crippen molar-refractivity contribution >= 4 is 38.5 Å². The van der Waals surface area contributed by atoms with Crippen LogP contribution in [0.15, 0.2) is 70.9 Å². The summed E-state index contributed by atoms with van der Waals surface area (Å²) in [6, 6.07) is 17.6. The topological polar surface area (TPSA) is 56.1 Å². The standard InChI is InChI=1S/C20H15NO3S2/c1-14-8-10-15(11-9-14)26(23,24)21-17-6-3-2-5-16(17)20(18(21)13-22)19-7-4-12-25-19/h2-13H,1H3. The first-order valence-corrected chi connectivity index (χ1v) is 10.3. The minimum absolute atomic E-state index is 0.147. The van der Waals surface area contributed by atoms with Crippen molar-refractivity contribution in [3.8, 4) is 10.4 Å². The van der Waals surface area contributed by atoms with Crippen LogP contribution < -0.4 is 0 Å². The van der Waals surface area contributed by atoms with E-state index in [0.717, 1.165) is 19.8 Å². The van der Waals surface area contributed by atoms with Gasteiger partial charge in [-0.3, -0.25) is 4.79 Å². The molecule has 0 radical (unpaired) electrons. The van der Waals surface area contributed by atoms with Gasteiger partial charge in [0.1, 0.15) is 5.69 Å². The number of thiophene rings is 1. The summed E-state index contributed by atoms with van der Waals surface area (Å²) < 4.78 is 27.8. The third-order valence-electron chi connectivity index (χ3n) is 4.31. The number of aryl methyl sites for hydroxylation is 1. The van der Waals surface area contributed by atoms with Crippen LogP contribution in [0.4, 0.5) is 0 Å². The molecule has 0 aliphatic heterocycles. The molecule has 2 heterocycles. The van der Waals surface area contributed by atoms with Gasteiger partial charge in [0.2, 0.25) is 0 Å². The number of aldehydes is 1. The van der Waals surface area contributed by atoms with Crippen molar-refractivity contribution in [2.45, 2.75) is 11.8 Å². The van der Waals surface area contributed by atoms with E-state index in [9.17, 15) is 13.2 Å². The zero-order chi connectivity index (χ0) is 18.3. The lowest BCUT2D eigenvalue weighted by Gasteiger charge is -2.10. The molecule has 0 saturated carbocycles. The van der Waals surface area contributed by atoms with E-state index >= 15 is 0 Å². The highest BCUT2D eigenvalue weighted by Crippen LogP contribution is 2.38. The van der Waals surface area contributed by atoms with E-state index < -0.39 is 10.0 Å². The Morgan fingerprint density at radius 1 is 0.962 bits per heavy atom. The number of fused-ring (bicyclic) bond motifs is 1. The minimum Gasteiger partial charge on any atom is -0.296 e. The predicted octanol–water partition coefficient (Wildman–Crippen LogP) is 4.73. The molecular formula is C20H15NO3S2. The molecule has 0 bridgehead atoms. The number of benzene rings is 2. The average Bonchev–Trinajstić information content (AvgIpc) is 3.27. The van der Waals surface area contributed by atoms with Crippen LogP contribution in [0.25, 0.3) is 21.3 Å². The largest absolute Gasteiger partial charge is 0.296 e. The molecule has 130 valence electrons. The van der Waals surface area contributed by atoms with E-state index in [1.807, 2.05) is 36.6 Å². The Labute approximate surface area is 155 Å². The van der Waals surface area contributed by atoms with E-state index in [4.69, 9.17) is 0 Å². The van der Waals surface area contributed by atoms with Gasteiger partial charge in [-0.1, -0.05) is 42.0 Å². The monoisotopic (exact) mass is 381 g/mol. The molecule has 0 atom stereocenters. The molecular weight excluding hydrogens is 366 g/mol. The normalized spacial score (nSPS) is 11.7. The Morgan fingerprint density at radius 2 is 1.69 bits per heavy atom. The van der Waals surface area contributed by atoms with Crippen LogP contribution in [0.3, 0.4) is 0 Å². The molecule has 2 aromatic heterocycles. The number of hydrogen-bond donors (Lipinski definition) is 0. The number of nitrogens with zero attached hydrogens (tertiary/aromatic N) is 1. The molecule has 0 fully saturated rings. The average molecular weight is 381 g/mol. The minimum atomic E-state index is -3.91. The third-order valence-corrected chi connectivity index (χ3v) is 6.93. The van der Waals surface area contributed by atoms with Gasteiger partial charge in [0.05, 0.1) is 10.4 Å². The van der Waals surface area contributed by atoms with Gasteiger partial charge in [0, 0.05) is 15.8 Å². The lowest BCUT2D eigenvalue weighted by atomic mass is 10.1. The lowest BCUT2D eigenvalue weighted by molar-refractivity contribution is 0.111. The molecule has 0 aliphatic carbocycles. The molecule has 0 aliphatic rings. The van der Waals surface area contributed by atoms with Crippen molar-refractivity contribution in [3.05, 3.63) is 77.3 Å². The summed E-state index contributed by atoms with van der Waals surface area (Å²) in [7, 11) is -3.91. The van der Waals surface area contributed by atoms with Crippen molar-refractivity contribution in [1.82, 2.24) is 3.97 Å². The number of aromatic nitrogens is 1. The molecule has 4 aromatic rings. The second kappa shape index (κ2) is 6.23. The number of para-hydroxylation sites is 1. The summed E-state index contributed by atoms with van der Waals surface area (Å²) >= 11 is 1.48. The molecule has 26 heavy (non-hydrogen) atoms. The Morgan fingerprint density at radius 3 is 2.35 bits per heavy atom. The number of rotatable bonds is 4. The molecule has 0 spiro atoms. The highest BCUT2D eigenvalue weighted by Gasteiger charge is 2.27. The Bertz CT molecular complexity index is 1200. The Kier molecular flexibility index (Phi) is 4.01. The van der Waals surface area contributed by atoms with E-state index in [1.54, 1.807) is 36.4 Å². The van der Waals surface area contributed by atoms with Gasteiger partial charge in [-0.2, -0.15) is 0 Å². The van der Waals surface area contributed by atoms with Gasteiger partial charge in [0.15, 0.2) is 6.29 Å². The number of carbonyl (C=O) groups is 1. The van der Waals surface area contributed by atoms with Gasteiger partial charge in [-0.15, -0.1) is 11.3 Å². The zero-order valence-corrected chi connectivity index (χ0v) is 15.5. The summed E-state index contributed by atoms with van der Waals surface area (Å²) in [5, 5.41) is 2.65. The van der Waals surface area contributed by atoms with E-state index in [1.165, 1.54) is 11.3 Å². The first kappa shape index (κ1) is 16.8. The smallest absolute Gasteiger partial charge is 0.268 e. The molecule has 4 nitrogen and oxygen atoms in total. The fourth-order valence-corrected chi connectivity index (χ4v) is 5.39. The van der Waals surface area contributed by atoms with Crippen LogP contribution >= 0.6 is 11.3 Å². The lowest BCUT2D eigenvalue weighted by Crippen LogP contribution is -2.15. The van der Waals surface area contributed by atoms with E-state index in [0.29, 0.717) is 17.4 Å². The van der Waals surface area contributed by atoms with Crippen LogP contribution in [-0.4, -0.2) is 18.7 Å². The van der Waals surface area contributed by atoms with Gasteiger partial charge in [-0.25, -0.2) is 12.4 Å². The molecule has 0 unspecified atom stereocenters. The summed E-state index contributed by atoms with van der Waals surface area (Å²) in [4.78, 5) is 13.0. The van der Waals surface area contributed by atoms with Crippen molar-refractivity contribution in [3.63, 3.8) is 0 Å². The Hall–Kier alpha value is -2.70. The fraction of sp³-hybridized carbons (Fsp3) is 0.0500. The Balaban J connectivity index is 2.11. The molecule has 0 amide bonds. The van der Waals surface area contributed by atoms with E-state index in [-0.39, 0.29) is 10.6 Å². The SMILES string of the molecule is Cc1ccc(S(=O)(=O)n2c(C=O)c(-c3cccs3)c3ccccc32)cc1. The predicted molar refractivity (Wildman–Crippen MR) is 104 cm³/mol.